The summed E-state index contributed by atoms with van der Waals surface area (Å²) >= 11 is 0. The van der Waals surface area contributed by atoms with Crippen molar-refractivity contribution in [3.05, 3.63) is 35.4 Å². The van der Waals surface area contributed by atoms with Crippen molar-refractivity contribution in [1.82, 2.24) is 5.32 Å². The molecule has 3 nitrogen and oxygen atoms in total. The zero-order chi connectivity index (χ0) is 11.5. The van der Waals surface area contributed by atoms with Gasteiger partial charge in [0.2, 0.25) is 0 Å². The molecule has 0 bridgehead atoms. The van der Waals surface area contributed by atoms with Crippen LogP contribution in [0.1, 0.15) is 31.9 Å². The highest BCUT2D eigenvalue weighted by atomic mass is 16.4. The van der Waals surface area contributed by atoms with E-state index in [9.17, 15) is 4.79 Å². The van der Waals surface area contributed by atoms with E-state index in [0.29, 0.717) is 0 Å². The van der Waals surface area contributed by atoms with Crippen molar-refractivity contribution in [2.75, 3.05) is 0 Å². The molecule has 0 aliphatic heterocycles. The quantitative estimate of drug-likeness (QED) is 0.800. The third kappa shape index (κ3) is 2.98. The Bertz CT molecular complexity index is 341. The molecule has 0 saturated heterocycles. The van der Waals surface area contributed by atoms with Crippen LogP contribution in [0.5, 0.6) is 0 Å². The highest BCUT2D eigenvalue weighted by molar-refractivity contribution is 5.66. The standard InChI is InChI=1S/C12H17NO2/c1-4-9-5-7-10(8-6-9)12(2,3)13-11(14)15/h5-8,13H,4H2,1-3H3,(H,14,15). The Morgan fingerprint density at radius 2 is 1.87 bits per heavy atom. The van der Waals surface area contributed by atoms with Gasteiger partial charge in [0, 0.05) is 0 Å². The number of nitrogens with one attached hydrogen (secondary N) is 1. The topological polar surface area (TPSA) is 49.3 Å². The third-order valence-electron chi connectivity index (χ3n) is 2.50. The lowest BCUT2D eigenvalue weighted by Crippen LogP contribution is -2.40. The number of carboxylic acid groups (broad SMARTS) is 1. The van der Waals surface area contributed by atoms with E-state index in [1.807, 2.05) is 38.1 Å². The second-order valence-corrected chi connectivity index (χ2v) is 4.11. The van der Waals surface area contributed by atoms with Gasteiger partial charge in [-0.05, 0) is 31.4 Å². The molecule has 0 aliphatic rings. The average Bonchev–Trinajstić information content (AvgIpc) is 2.16. The summed E-state index contributed by atoms with van der Waals surface area (Å²) in [6.45, 7) is 5.79. The van der Waals surface area contributed by atoms with Gasteiger partial charge in [-0.25, -0.2) is 4.79 Å². The zero-order valence-electron chi connectivity index (χ0n) is 9.37. The van der Waals surface area contributed by atoms with Crippen molar-refractivity contribution in [1.29, 1.82) is 0 Å². The lowest BCUT2D eigenvalue weighted by molar-refractivity contribution is 0.182. The number of hydrogen-bond acceptors (Lipinski definition) is 1. The van der Waals surface area contributed by atoms with E-state index >= 15 is 0 Å². The van der Waals surface area contributed by atoms with Gasteiger partial charge >= 0.3 is 6.09 Å². The molecule has 2 N–H and O–H groups in total. The van der Waals surface area contributed by atoms with Gasteiger partial charge in [-0.15, -0.1) is 0 Å². The van der Waals surface area contributed by atoms with Crippen molar-refractivity contribution in [2.45, 2.75) is 32.7 Å². The van der Waals surface area contributed by atoms with Crippen LogP contribution in [-0.4, -0.2) is 11.2 Å². The second-order valence-electron chi connectivity index (χ2n) is 4.11. The van der Waals surface area contributed by atoms with E-state index in [1.165, 1.54) is 5.56 Å². The van der Waals surface area contributed by atoms with E-state index in [1.54, 1.807) is 0 Å². The smallest absolute Gasteiger partial charge is 0.405 e. The van der Waals surface area contributed by atoms with Gasteiger partial charge in [0.1, 0.15) is 0 Å². The summed E-state index contributed by atoms with van der Waals surface area (Å²) in [5.41, 5.74) is 1.69. The maximum atomic E-state index is 10.6. The Balaban J connectivity index is 2.89. The molecule has 3 heteroatoms. The van der Waals surface area contributed by atoms with E-state index in [2.05, 4.69) is 12.2 Å². The molecule has 82 valence electrons. The first-order valence-corrected chi connectivity index (χ1v) is 5.06. The summed E-state index contributed by atoms with van der Waals surface area (Å²) in [6, 6.07) is 7.99. The Kier molecular flexibility index (Phi) is 3.35. The van der Waals surface area contributed by atoms with Gasteiger partial charge in [0.05, 0.1) is 5.54 Å². The molecular formula is C12H17NO2. The molecule has 15 heavy (non-hydrogen) atoms. The van der Waals surface area contributed by atoms with Gasteiger partial charge in [-0.3, -0.25) is 0 Å². The molecule has 0 aliphatic carbocycles. The average molecular weight is 207 g/mol. The Morgan fingerprint density at radius 1 is 1.33 bits per heavy atom. The summed E-state index contributed by atoms with van der Waals surface area (Å²) < 4.78 is 0. The maximum absolute atomic E-state index is 10.6. The number of aryl methyl sites for hydroxylation is 1. The molecule has 1 rings (SSSR count). The SMILES string of the molecule is CCc1ccc(C(C)(C)NC(=O)O)cc1. The predicted molar refractivity (Wildman–Crippen MR) is 60.0 cm³/mol. The predicted octanol–water partition coefficient (Wildman–Crippen LogP) is 2.75. The van der Waals surface area contributed by atoms with Crippen LogP contribution < -0.4 is 5.32 Å². The molecule has 0 heterocycles. The fraction of sp³-hybridized carbons (Fsp3) is 0.417. The number of amides is 1. The second kappa shape index (κ2) is 4.34. The van der Waals surface area contributed by atoms with Crippen molar-refractivity contribution in [3.8, 4) is 0 Å². The minimum Gasteiger partial charge on any atom is -0.465 e. The number of hydrogen-bond donors (Lipinski definition) is 2. The fourth-order valence-corrected chi connectivity index (χ4v) is 1.50. The van der Waals surface area contributed by atoms with E-state index in [4.69, 9.17) is 5.11 Å². The molecule has 0 fully saturated rings. The number of carbonyl (C=O) groups is 1. The zero-order valence-corrected chi connectivity index (χ0v) is 9.37. The van der Waals surface area contributed by atoms with Crippen molar-refractivity contribution in [2.24, 2.45) is 0 Å². The van der Waals surface area contributed by atoms with Gasteiger partial charge in [0.15, 0.2) is 0 Å². The highest BCUT2D eigenvalue weighted by Gasteiger charge is 2.21. The largest absolute Gasteiger partial charge is 0.465 e. The van der Waals surface area contributed by atoms with Gasteiger partial charge in [-0.2, -0.15) is 0 Å². The van der Waals surface area contributed by atoms with Crippen LogP contribution in [0.2, 0.25) is 0 Å². The molecule has 0 aromatic heterocycles. The highest BCUT2D eigenvalue weighted by Crippen LogP contribution is 2.20. The Labute approximate surface area is 90.1 Å². The summed E-state index contributed by atoms with van der Waals surface area (Å²) in [7, 11) is 0. The molecule has 1 aromatic rings. The van der Waals surface area contributed by atoms with E-state index in [-0.39, 0.29) is 0 Å². The van der Waals surface area contributed by atoms with Crippen molar-refractivity contribution >= 4 is 6.09 Å². The molecule has 1 aromatic carbocycles. The first-order chi connectivity index (χ1) is 6.95. The van der Waals surface area contributed by atoms with E-state index in [0.717, 1.165) is 12.0 Å². The number of benzene rings is 1. The monoisotopic (exact) mass is 207 g/mol. The van der Waals surface area contributed by atoms with Crippen LogP contribution in [-0.2, 0) is 12.0 Å². The van der Waals surface area contributed by atoms with Crippen LogP contribution in [0, 0.1) is 0 Å². The summed E-state index contributed by atoms with van der Waals surface area (Å²) in [4.78, 5) is 10.6. The molecule has 0 spiro atoms. The molecule has 0 atom stereocenters. The van der Waals surface area contributed by atoms with Crippen LogP contribution in [0.3, 0.4) is 0 Å². The molecule has 0 radical (unpaired) electrons. The molecule has 1 amide bonds. The summed E-state index contributed by atoms with van der Waals surface area (Å²) in [6.07, 6.45) is -0.00728. The van der Waals surface area contributed by atoms with Crippen molar-refractivity contribution in [3.63, 3.8) is 0 Å². The van der Waals surface area contributed by atoms with Gasteiger partial charge in [-0.1, -0.05) is 31.2 Å². The van der Waals surface area contributed by atoms with Gasteiger partial charge in [0.25, 0.3) is 0 Å². The van der Waals surface area contributed by atoms with Crippen LogP contribution in [0.15, 0.2) is 24.3 Å². The molecule has 0 unspecified atom stereocenters. The maximum Gasteiger partial charge on any atom is 0.405 e. The minimum absolute atomic E-state index is 0.544. The Hall–Kier alpha value is -1.51. The lowest BCUT2D eigenvalue weighted by atomic mass is 9.93. The van der Waals surface area contributed by atoms with E-state index < -0.39 is 11.6 Å². The summed E-state index contributed by atoms with van der Waals surface area (Å²) in [5, 5.41) is 11.2. The number of rotatable bonds is 3. The first kappa shape index (κ1) is 11.6. The third-order valence-corrected chi connectivity index (χ3v) is 2.50. The molecular weight excluding hydrogens is 190 g/mol. The lowest BCUT2D eigenvalue weighted by Gasteiger charge is -2.25. The molecule has 0 saturated carbocycles. The first-order valence-electron chi connectivity index (χ1n) is 5.06. The Morgan fingerprint density at radius 3 is 2.27 bits per heavy atom. The van der Waals surface area contributed by atoms with Gasteiger partial charge < -0.3 is 10.4 Å². The van der Waals surface area contributed by atoms with Crippen LogP contribution in [0.25, 0.3) is 0 Å². The fourth-order valence-electron chi connectivity index (χ4n) is 1.50. The normalized spacial score (nSPS) is 11.1. The van der Waals surface area contributed by atoms with Crippen molar-refractivity contribution < 1.29 is 9.90 Å². The van der Waals surface area contributed by atoms with Crippen LogP contribution in [0.4, 0.5) is 4.79 Å². The van der Waals surface area contributed by atoms with Crippen LogP contribution >= 0.6 is 0 Å². The minimum atomic E-state index is -1.00. The summed E-state index contributed by atoms with van der Waals surface area (Å²) in [5.74, 6) is 0.